The summed E-state index contributed by atoms with van der Waals surface area (Å²) in [6, 6.07) is 15.8. The van der Waals surface area contributed by atoms with Crippen molar-refractivity contribution < 1.29 is 4.79 Å². The summed E-state index contributed by atoms with van der Waals surface area (Å²) in [4.78, 5) is 20.5. The second kappa shape index (κ2) is 8.07. The maximum atomic E-state index is 12.3. The summed E-state index contributed by atoms with van der Waals surface area (Å²) >= 11 is 7.26. The highest BCUT2D eigenvalue weighted by Gasteiger charge is 2.07. The number of amides is 1. The van der Waals surface area contributed by atoms with E-state index in [9.17, 15) is 4.79 Å². The second-order valence-corrected chi connectivity index (χ2v) is 6.83. The SMILES string of the molecule is Nc1cc(N)nc(SCc2ccc(C(=O)Nc3ccc(Cl)cc3)cc2)n1. The van der Waals surface area contributed by atoms with Crippen LogP contribution in [0.25, 0.3) is 0 Å². The second-order valence-electron chi connectivity index (χ2n) is 5.45. The van der Waals surface area contributed by atoms with Gasteiger partial charge in [-0.3, -0.25) is 4.79 Å². The number of nitrogens with two attached hydrogens (primary N) is 2. The van der Waals surface area contributed by atoms with Gasteiger partial charge in [0.05, 0.1) is 0 Å². The summed E-state index contributed by atoms with van der Waals surface area (Å²) in [6.07, 6.45) is 0. The van der Waals surface area contributed by atoms with E-state index >= 15 is 0 Å². The average Bonchev–Trinajstić information content (AvgIpc) is 2.61. The van der Waals surface area contributed by atoms with Crippen LogP contribution < -0.4 is 16.8 Å². The first kappa shape index (κ1) is 18.0. The predicted molar refractivity (Wildman–Crippen MR) is 106 cm³/mol. The van der Waals surface area contributed by atoms with Gasteiger partial charge in [-0.2, -0.15) is 0 Å². The number of anilines is 3. The van der Waals surface area contributed by atoms with Crippen molar-refractivity contribution in [3.63, 3.8) is 0 Å². The Labute approximate surface area is 160 Å². The number of carbonyl (C=O) groups excluding carboxylic acids is 1. The number of benzene rings is 2. The molecule has 3 rings (SSSR count). The largest absolute Gasteiger partial charge is 0.383 e. The van der Waals surface area contributed by atoms with Gasteiger partial charge in [-0.05, 0) is 42.0 Å². The zero-order valence-corrected chi connectivity index (χ0v) is 15.2. The summed E-state index contributed by atoms with van der Waals surface area (Å²) in [5.74, 6) is 1.14. The Hall–Kier alpha value is -2.77. The van der Waals surface area contributed by atoms with Gasteiger partial charge in [0.15, 0.2) is 5.16 Å². The van der Waals surface area contributed by atoms with E-state index in [0.717, 1.165) is 5.56 Å². The van der Waals surface area contributed by atoms with Gasteiger partial charge < -0.3 is 16.8 Å². The van der Waals surface area contributed by atoms with Gasteiger partial charge in [0, 0.05) is 28.1 Å². The molecule has 132 valence electrons. The molecule has 6 nitrogen and oxygen atoms in total. The molecule has 0 radical (unpaired) electrons. The van der Waals surface area contributed by atoms with Crippen LogP contribution in [-0.2, 0) is 5.75 Å². The Morgan fingerprint density at radius 2 is 1.62 bits per heavy atom. The predicted octanol–water partition coefficient (Wildman–Crippen LogP) is 3.84. The van der Waals surface area contributed by atoms with Gasteiger partial charge >= 0.3 is 0 Å². The molecule has 0 atom stereocenters. The fourth-order valence-electron chi connectivity index (χ4n) is 2.16. The number of nitrogen functional groups attached to an aromatic ring is 2. The number of nitrogens with one attached hydrogen (secondary N) is 1. The van der Waals surface area contributed by atoms with Crippen LogP contribution in [0.1, 0.15) is 15.9 Å². The monoisotopic (exact) mass is 385 g/mol. The van der Waals surface area contributed by atoms with E-state index in [0.29, 0.717) is 38.8 Å². The van der Waals surface area contributed by atoms with E-state index < -0.39 is 0 Å². The van der Waals surface area contributed by atoms with Gasteiger partial charge in [0.25, 0.3) is 5.91 Å². The number of aromatic nitrogens is 2. The first-order valence-corrected chi connectivity index (χ1v) is 9.04. The van der Waals surface area contributed by atoms with Gasteiger partial charge in [-0.1, -0.05) is 35.5 Å². The van der Waals surface area contributed by atoms with E-state index in [1.165, 1.54) is 17.8 Å². The van der Waals surface area contributed by atoms with Gasteiger partial charge in [0.2, 0.25) is 0 Å². The lowest BCUT2D eigenvalue weighted by atomic mass is 10.1. The van der Waals surface area contributed by atoms with Crippen LogP contribution in [-0.4, -0.2) is 15.9 Å². The first-order valence-electron chi connectivity index (χ1n) is 7.68. The van der Waals surface area contributed by atoms with Crippen molar-refractivity contribution in [2.45, 2.75) is 10.9 Å². The number of hydrogen-bond acceptors (Lipinski definition) is 6. The van der Waals surface area contributed by atoms with E-state index in [2.05, 4.69) is 15.3 Å². The molecule has 0 spiro atoms. The first-order chi connectivity index (χ1) is 12.5. The summed E-state index contributed by atoms with van der Waals surface area (Å²) in [7, 11) is 0. The fraction of sp³-hybridized carbons (Fsp3) is 0.0556. The molecule has 5 N–H and O–H groups in total. The minimum atomic E-state index is -0.182. The fourth-order valence-corrected chi connectivity index (χ4v) is 3.12. The molecule has 26 heavy (non-hydrogen) atoms. The third-order valence-corrected chi connectivity index (χ3v) is 4.60. The van der Waals surface area contributed by atoms with Crippen molar-refractivity contribution >= 4 is 46.6 Å². The summed E-state index contributed by atoms with van der Waals surface area (Å²) in [6.45, 7) is 0. The molecule has 0 unspecified atom stereocenters. The van der Waals surface area contributed by atoms with Crippen molar-refractivity contribution in [3.05, 3.63) is 70.7 Å². The van der Waals surface area contributed by atoms with Crippen molar-refractivity contribution in [1.29, 1.82) is 0 Å². The number of halogens is 1. The Morgan fingerprint density at radius 3 is 2.23 bits per heavy atom. The van der Waals surface area contributed by atoms with Gasteiger partial charge in [-0.15, -0.1) is 0 Å². The molecule has 0 saturated heterocycles. The molecule has 0 aliphatic carbocycles. The van der Waals surface area contributed by atoms with Crippen LogP contribution in [0.2, 0.25) is 5.02 Å². The van der Waals surface area contributed by atoms with Crippen molar-refractivity contribution in [2.75, 3.05) is 16.8 Å². The maximum absolute atomic E-state index is 12.3. The number of rotatable bonds is 5. The third kappa shape index (κ3) is 4.87. The van der Waals surface area contributed by atoms with E-state index in [4.69, 9.17) is 23.1 Å². The molecule has 0 saturated carbocycles. The van der Waals surface area contributed by atoms with Gasteiger partial charge in [-0.25, -0.2) is 9.97 Å². The smallest absolute Gasteiger partial charge is 0.255 e. The van der Waals surface area contributed by atoms with Crippen molar-refractivity contribution in [1.82, 2.24) is 9.97 Å². The molecule has 1 aromatic heterocycles. The molecule has 0 aliphatic rings. The lowest BCUT2D eigenvalue weighted by Gasteiger charge is -2.07. The third-order valence-electron chi connectivity index (χ3n) is 3.43. The lowest BCUT2D eigenvalue weighted by molar-refractivity contribution is 0.102. The maximum Gasteiger partial charge on any atom is 0.255 e. The lowest BCUT2D eigenvalue weighted by Crippen LogP contribution is -2.11. The van der Waals surface area contributed by atoms with Gasteiger partial charge in [0.1, 0.15) is 11.6 Å². The summed E-state index contributed by atoms with van der Waals surface area (Å²) in [5.41, 5.74) is 13.6. The summed E-state index contributed by atoms with van der Waals surface area (Å²) in [5, 5.41) is 3.97. The highest BCUT2D eigenvalue weighted by atomic mass is 35.5. The molecular weight excluding hydrogens is 370 g/mol. The minimum absolute atomic E-state index is 0.182. The average molecular weight is 386 g/mol. The van der Waals surface area contributed by atoms with Crippen LogP contribution in [0.4, 0.5) is 17.3 Å². The Balaban J connectivity index is 1.60. The molecule has 1 heterocycles. The number of thioether (sulfide) groups is 1. The summed E-state index contributed by atoms with van der Waals surface area (Å²) < 4.78 is 0. The molecular formula is C18H16ClN5OS. The number of nitrogens with zero attached hydrogens (tertiary/aromatic N) is 2. The van der Waals surface area contributed by atoms with E-state index in [1.54, 1.807) is 36.4 Å². The topological polar surface area (TPSA) is 107 Å². The van der Waals surface area contributed by atoms with Crippen LogP contribution in [0.3, 0.4) is 0 Å². The van der Waals surface area contributed by atoms with E-state index in [1.807, 2.05) is 12.1 Å². The van der Waals surface area contributed by atoms with Crippen molar-refractivity contribution in [3.8, 4) is 0 Å². The molecule has 0 fully saturated rings. The molecule has 0 aliphatic heterocycles. The number of hydrogen-bond donors (Lipinski definition) is 3. The molecule has 8 heteroatoms. The zero-order chi connectivity index (χ0) is 18.5. The standard InChI is InChI=1S/C18H16ClN5OS/c19-13-5-7-14(8-6-13)22-17(25)12-3-1-11(2-4-12)10-26-18-23-15(20)9-16(21)24-18/h1-9H,10H2,(H,22,25)(H4,20,21,23,24). The molecule has 0 bridgehead atoms. The quantitative estimate of drug-likeness (QED) is 0.455. The van der Waals surface area contributed by atoms with Crippen LogP contribution in [0, 0.1) is 0 Å². The van der Waals surface area contributed by atoms with Crippen LogP contribution >= 0.6 is 23.4 Å². The Morgan fingerprint density at radius 1 is 1.00 bits per heavy atom. The molecule has 3 aromatic rings. The normalized spacial score (nSPS) is 10.5. The number of carbonyl (C=O) groups is 1. The van der Waals surface area contributed by atoms with E-state index in [-0.39, 0.29) is 5.91 Å². The zero-order valence-electron chi connectivity index (χ0n) is 13.6. The van der Waals surface area contributed by atoms with Crippen LogP contribution in [0.15, 0.2) is 59.8 Å². The van der Waals surface area contributed by atoms with Crippen LogP contribution in [0.5, 0.6) is 0 Å². The highest BCUT2D eigenvalue weighted by Crippen LogP contribution is 2.22. The van der Waals surface area contributed by atoms with Crippen molar-refractivity contribution in [2.24, 2.45) is 0 Å². The Kier molecular flexibility index (Phi) is 5.60. The molecule has 1 amide bonds. The Bertz CT molecular complexity index is 896. The highest BCUT2D eigenvalue weighted by molar-refractivity contribution is 7.98. The minimum Gasteiger partial charge on any atom is -0.383 e. The molecule has 2 aromatic carbocycles.